The van der Waals surface area contributed by atoms with E-state index in [1.807, 2.05) is 6.92 Å². The Hall–Kier alpha value is -1.77. The highest BCUT2D eigenvalue weighted by molar-refractivity contribution is 7.96. The Labute approximate surface area is 159 Å². The van der Waals surface area contributed by atoms with E-state index in [1.165, 1.54) is 18.2 Å². The molecule has 2 aromatic rings. The Morgan fingerprint density at radius 3 is 2.41 bits per heavy atom. The van der Waals surface area contributed by atoms with Gasteiger partial charge >= 0.3 is 0 Å². The second kappa shape index (κ2) is 7.69. The quantitative estimate of drug-likeness (QED) is 0.785. The van der Waals surface area contributed by atoms with Gasteiger partial charge in [-0.05, 0) is 43.7 Å². The maximum Gasteiger partial charge on any atom is 0.183 e. The van der Waals surface area contributed by atoms with Crippen molar-refractivity contribution in [1.29, 1.82) is 0 Å². The van der Waals surface area contributed by atoms with Crippen LogP contribution in [0.4, 0.5) is 4.39 Å². The van der Waals surface area contributed by atoms with Gasteiger partial charge in [0.1, 0.15) is 5.82 Å². The fourth-order valence-electron chi connectivity index (χ4n) is 3.31. The topological polar surface area (TPSA) is 80.3 Å². The molecule has 1 fully saturated rings. The van der Waals surface area contributed by atoms with Gasteiger partial charge in [-0.1, -0.05) is 35.9 Å². The molecule has 2 atom stereocenters. The summed E-state index contributed by atoms with van der Waals surface area (Å²) in [6.45, 7) is 2.14. The van der Waals surface area contributed by atoms with Crippen LogP contribution >= 0.6 is 0 Å². The molecule has 1 aliphatic rings. The van der Waals surface area contributed by atoms with Crippen molar-refractivity contribution in [3.8, 4) is 0 Å². The third kappa shape index (κ3) is 4.56. The fraction of sp³-hybridized carbons (Fsp3) is 0.368. The molecule has 27 heavy (non-hydrogen) atoms. The molecule has 0 unspecified atom stereocenters. The zero-order valence-electron chi connectivity index (χ0n) is 14.9. The summed E-state index contributed by atoms with van der Waals surface area (Å²) >= 11 is 0. The molecule has 0 bridgehead atoms. The molecule has 0 radical (unpaired) electrons. The average molecular weight is 412 g/mol. The summed E-state index contributed by atoms with van der Waals surface area (Å²) in [5.74, 6) is -0.970. The summed E-state index contributed by atoms with van der Waals surface area (Å²) in [5.41, 5.74) is 1.43. The van der Waals surface area contributed by atoms with Gasteiger partial charge in [0.05, 0.1) is 21.7 Å². The van der Waals surface area contributed by atoms with Crippen LogP contribution in [0, 0.1) is 12.7 Å². The van der Waals surface area contributed by atoms with E-state index in [1.54, 1.807) is 30.3 Å². The van der Waals surface area contributed by atoms with E-state index in [4.69, 9.17) is 0 Å². The standard InChI is InChI=1S/C19H22FNO4S2/c1-14-6-8-16(9-7-14)27(24,25)19-13-26(22,23)12-18(19)21-11-10-15-4-2-3-5-17(15)20/h2-9,18-19,21H,10-13H2,1H3/t18-,19-/m0/s1. The maximum absolute atomic E-state index is 13.7. The van der Waals surface area contributed by atoms with E-state index < -0.39 is 36.7 Å². The first-order valence-corrected chi connectivity index (χ1v) is 12.0. The van der Waals surface area contributed by atoms with E-state index in [9.17, 15) is 21.2 Å². The van der Waals surface area contributed by atoms with Crippen LogP contribution in [-0.4, -0.2) is 46.2 Å². The molecule has 1 heterocycles. The van der Waals surface area contributed by atoms with Gasteiger partial charge in [-0.2, -0.15) is 0 Å². The summed E-state index contributed by atoms with van der Waals surface area (Å²) < 4.78 is 63.9. The lowest BCUT2D eigenvalue weighted by Crippen LogP contribution is -2.44. The molecule has 3 rings (SSSR count). The van der Waals surface area contributed by atoms with Crippen LogP contribution in [0.5, 0.6) is 0 Å². The first-order chi connectivity index (χ1) is 12.7. The lowest BCUT2D eigenvalue weighted by Gasteiger charge is -2.20. The van der Waals surface area contributed by atoms with Gasteiger partial charge in [-0.25, -0.2) is 21.2 Å². The summed E-state index contributed by atoms with van der Waals surface area (Å²) in [7, 11) is -7.26. The van der Waals surface area contributed by atoms with E-state index >= 15 is 0 Å². The lowest BCUT2D eigenvalue weighted by molar-refractivity contribution is 0.523. The van der Waals surface area contributed by atoms with Crippen molar-refractivity contribution >= 4 is 19.7 Å². The molecule has 1 N–H and O–H groups in total. The molecule has 0 spiro atoms. The molecule has 0 amide bonds. The lowest BCUT2D eigenvalue weighted by atomic mass is 10.1. The van der Waals surface area contributed by atoms with Crippen LogP contribution in [0.2, 0.25) is 0 Å². The highest BCUT2D eigenvalue weighted by Crippen LogP contribution is 2.26. The van der Waals surface area contributed by atoms with Gasteiger partial charge in [-0.3, -0.25) is 0 Å². The Kier molecular flexibility index (Phi) is 5.69. The predicted molar refractivity (Wildman–Crippen MR) is 103 cm³/mol. The van der Waals surface area contributed by atoms with Crippen molar-refractivity contribution < 1.29 is 21.2 Å². The van der Waals surface area contributed by atoms with Crippen molar-refractivity contribution in [2.75, 3.05) is 18.1 Å². The highest BCUT2D eigenvalue weighted by atomic mass is 32.2. The zero-order valence-corrected chi connectivity index (χ0v) is 16.6. The largest absolute Gasteiger partial charge is 0.311 e. The SMILES string of the molecule is Cc1ccc(S(=O)(=O)[C@H]2CS(=O)(=O)C[C@@H]2NCCc2ccccc2F)cc1. The first-order valence-electron chi connectivity index (χ1n) is 8.67. The van der Waals surface area contributed by atoms with Gasteiger partial charge in [0.15, 0.2) is 19.7 Å². The Morgan fingerprint density at radius 1 is 1.07 bits per heavy atom. The number of hydrogen-bond donors (Lipinski definition) is 1. The van der Waals surface area contributed by atoms with Crippen LogP contribution in [0.25, 0.3) is 0 Å². The van der Waals surface area contributed by atoms with Gasteiger partial charge in [-0.15, -0.1) is 0 Å². The van der Waals surface area contributed by atoms with Crippen molar-refractivity contribution in [1.82, 2.24) is 5.32 Å². The number of rotatable bonds is 6. The number of benzene rings is 2. The molecule has 2 aromatic carbocycles. The second-order valence-corrected chi connectivity index (χ2v) is 11.2. The molecule has 0 aliphatic carbocycles. The molecule has 0 saturated carbocycles. The van der Waals surface area contributed by atoms with Gasteiger partial charge in [0.2, 0.25) is 0 Å². The maximum atomic E-state index is 13.7. The summed E-state index contributed by atoms with van der Waals surface area (Å²) in [6, 6.07) is 12.0. The smallest absolute Gasteiger partial charge is 0.183 e. The molecule has 1 saturated heterocycles. The minimum Gasteiger partial charge on any atom is -0.311 e. The van der Waals surface area contributed by atoms with Gasteiger partial charge < -0.3 is 5.32 Å². The van der Waals surface area contributed by atoms with Crippen LogP contribution in [-0.2, 0) is 26.1 Å². The van der Waals surface area contributed by atoms with Gasteiger partial charge in [0.25, 0.3) is 0 Å². The minimum absolute atomic E-state index is 0.121. The summed E-state index contributed by atoms with van der Waals surface area (Å²) in [5, 5.41) is 1.98. The molecule has 146 valence electrons. The van der Waals surface area contributed by atoms with Gasteiger partial charge in [0, 0.05) is 6.04 Å². The van der Waals surface area contributed by atoms with Crippen LogP contribution < -0.4 is 5.32 Å². The second-order valence-electron chi connectivity index (χ2n) is 6.88. The van der Waals surface area contributed by atoms with E-state index in [2.05, 4.69) is 5.32 Å². The average Bonchev–Trinajstić information content (AvgIpc) is 2.92. The van der Waals surface area contributed by atoms with Crippen LogP contribution in [0.15, 0.2) is 53.4 Å². The third-order valence-corrected chi connectivity index (χ3v) is 8.97. The Bertz CT molecular complexity index is 1020. The minimum atomic E-state index is -3.79. The fourth-order valence-corrected chi connectivity index (χ4v) is 8.02. The third-order valence-electron chi connectivity index (χ3n) is 4.81. The number of sulfone groups is 2. The molecule has 5 nitrogen and oxygen atoms in total. The van der Waals surface area contributed by atoms with E-state index in [0.717, 1.165) is 5.56 Å². The number of aryl methyl sites for hydroxylation is 1. The monoisotopic (exact) mass is 411 g/mol. The Balaban J connectivity index is 1.77. The molecule has 1 aliphatic heterocycles. The van der Waals surface area contributed by atoms with Crippen molar-refractivity contribution in [3.05, 3.63) is 65.5 Å². The van der Waals surface area contributed by atoms with Crippen LogP contribution in [0.1, 0.15) is 11.1 Å². The first kappa shape index (κ1) is 20.0. The number of halogens is 1. The van der Waals surface area contributed by atoms with Crippen LogP contribution in [0.3, 0.4) is 0 Å². The molecular weight excluding hydrogens is 389 g/mol. The zero-order chi connectivity index (χ0) is 19.7. The van der Waals surface area contributed by atoms with Crippen molar-refractivity contribution in [2.24, 2.45) is 0 Å². The molecular formula is C19H22FNO4S2. The normalized spacial score (nSPS) is 22.0. The Morgan fingerprint density at radius 2 is 1.74 bits per heavy atom. The molecule has 8 heteroatoms. The molecule has 0 aromatic heterocycles. The predicted octanol–water partition coefficient (Wildman–Crippen LogP) is 1.91. The summed E-state index contributed by atoms with van der Waals surface area (Å²) in [6.07, 6.45) is 0.348. The summed E-state index contributed by atoms with van der Waals surface area (Å²) in [4.78, 5) is 0.121. The number of nitrogens with one attached hydrogen (secondary N) is 1. The highest BCUT2D eigenvalue weighted by Gasteiger charge is 2.45. The van der Waals surface area contributed by atoms with Crippen molar-refractivity contribution in [3.63, 3.8) is 0 Å². The van der Waals surface area contributed by atoms with E-state index in [-0.39, 0.29) is 16.5 Å². The van der Waals surface area contributed by atoms with Crippen molar-refractivity contribution in [2.45, 2.75) is 29.5 Å². The number of hydrogen-bond acceptors (Lipinski definition) is 5. The van der Waals surface area contributed by atoms with E-state index in [0.29, 0.717) is 18.5 Å².